The van der Waals surface area contributed by atoms with Gasteiger partial charge in [0, 0.05) is 12.0 Å². The van der Waals surface area contributed by atoms with Gasteiger partial charge in [-0.25, -0.2) is 4.79 Å². The second-order valence-corrected chi connectivity index (χ2v) is 9.66. The summed E-state index contributed by atoms with van der Waals surface area (Å²) in [7, 11) is 0. The summed E-state index contributed by atoms with van der Waals surface area (Å²) in [5.41, 5.74) is 4.85. The molecule has 3 amide bonds. The fraction of sp³-hybridized carbons (Fsp3) is 0.739. The van der Waals surface area contributed by atoms with Crippen LogP contribution < -0.4 is 11.1 Å². The van der Waals surface area contributed by atoms with E-state index < -0.39 is 35.8 Å². The van der Waals surface area contributed by atoms with Gasteiger partial charge in [0.1, 0.15) is 17.7 Å². The molecular weight excluding hydrogens is 398 g/mol. The minimum absolute atomic E-state index is 0. The molecule has 1 unspecified atom stereocenters. The summed E-state index contributed by atoms with van der Waals surface area (Å²) in [5.74, 6) is 0.281. The number of aliphatic hydroxyl groups excluding tert-OH is 1. The van der Waals surface area contributed by atoms with E-state index in [2.05, 4.69) is 5.32 Å². The summed E-state index contributed by atoms with van der Waals surface area (Å²) in [6.45, 7) is 5.28. The van der Waals surface area contributed by atoms with Gasteiger partial charge in [0.25, 0.3) is 0 Å². The maximum Gasteiger partial charge on any atom is 0.408 e. The molecule has 0 aromatic carbocycles. The van der Waals surface area contributed by atoms with Crippen LogP contribution in [0.3, 0.4) is 0 Å². The molecule has 0 spiro atoms. The number of likely N-dealkylation sites (tertiary alicyclic amines) is 1. The van der Waals surface area contributed by atoms with Crippen molar-refractivity contribution in [3.63, 3.8) is 0 Å². The normalized spacial score (nSPS) is 29.2. The first-order valence-corrected chi connectivity index (χ1v) is 10.7. The van der Waals surface area contributed by atoms with Crippen molar-refractivity contribution in [2.24, 2.45) is 11.7 Å². The molecule has 5 radical (unpaired) electrons. The summed E-state index contributed by atoms with van der Waals surface area (Å²) in [6, 6.07) is -1.53. The van der Waals surface area contributed by atoms with Crippen LogP contribution in [0.2, 0.25) is 0 Å². The number of nitrogens with one attached hydrogen (secondary N) is 1. The van der Waals surface area contributed by atoms with Gasteiger partial charge in [-0.2, -0.15) is 0 Å². The number of aliphatic hydroxyl groups is 1. The topological polar surface area (TPSA) is 122 Å². The molecule has 3 aliphatic rings. The van der Waals surface area contributed by atoms with Crippen LogP contribution in [0.4, 0.5) is 4.79 Å². The smallest absolute Gasteiger partial charge is 0.408 e. The van der Waals surface area contributed by atoms with Crippen LogP contribution in [0.25, 0.3) is 0 Å². The number of rotatable bonds is 4. The first-order valence-electron chi connectivity index (χ1n) is 10.7. The van der Waals surface area contributed by atoms with E-state index in [0.717, 1.165) is 31.6 Å². The third-order valence-corrected chi connectivity index (χ3v) is 6.04. The van der Waals surface area contributed by atoms with Crippen LogP contribution in [0.5, 0.6) is 0 Å². The van der Waals surface area contributed by atoms with Crippen molar-refractivity contribution in [3.8, 4) is 0 Å². The van der Waals surface area contributed by atoms with Crippen LogP contribution in [-0.4, -0.2) is 57.7 Å². The first-order chi connectivity index (χ1) is 13.6. The number of piperidine rings is 1. The summed E-state index contributed by atoms with van der Waals surface area (Å²) < 4.78 is 5.38. The first kappa shape index (κ1) is 27.2. The van der Waals surface area contributed by atoms with Gasteiger partial charge in [-0.05, 0) is 58.8 Å². The molecule has 3 fully saturated rings. The number of hydrogen-bond donors (Lipinski definition) is 3. The van der Waals surface area contributed by atoms with Crippen molar-refractivity contribution < 1.29 is 24.2 Å². The number of primary amides is 1. The highest BCUT2D eigenvalue weighted by atomic mass is 16.6. The maximum atomic E-state index is 13.5. The number of ether oxygens (including phenoxy) is 1. The Kier molecular flexibility index (Phi) is 9.35. The predicted octanol–water partition coefficient (Wildman–Crippen LogP) is 2.30. The molecule has 0 aromatic heterocycles. The molecule has 2 aliphatic carbocycles. The van der Waals surface area contributed by atoms with Gasteiger partial charge in [-0.1, -0.05) is 34.1 Å². The van der Waals surface area contributed by atoms with E-state index >= 15 is 0 Å². The highest BCUT2D eigenvalue weighted by Gasteiger charge is 2.57. The third kappa shape index (κ3) is 6.82. The molecule has 1 heterocycles. The van der Waals surface area contributed by atoms with Crippen molar-refractivity contribution >= 4 is 17.9 Å². The van der Waals surface area contributed by atoms with Gasteiger partial charge in [0.2, 0.25) is 11.8 Å². The van der Waals surface area contributed by atoms with E-state index in [0.29, 0.717) is 31.6 Å². The molecule has 0 bridgehead atoms. The average Bonchev–Trinajstić information content (AvgIpc) is 3.24. The van der Waals surface area contributed by atoms with E-state index in [1.807, 2.05) is 0 Å². The van der Waals surface area contributed by atoms with E-state index in [1.165, 1.54) is 0 Å². The Morgan fingerprint density at radius 1 is 1.16 bits per heavy atom. The summed E-state index contributed by atoms with van der Waals surface area (Å²) in [4.78, 5) is 39.5. The standard InChI is InChI=1S/C21H34N3O5.2CH2/c1-21(2,3)29-20(28)23-17(12-7-5-4-6-8-14(25)9-12)19(27)24-15-10-13(15)11-16(24)18(22)26;;/h13-17,25H,4-11H2,1-3H3,(H2,22,26)(H,23,28);2*1H2/t13-,14?,15-,16-,17-;;/m0../s1. The Hall–Kier alpha value is -1.83. The number of nitrogens with zero attached hydrogens (tertiary/aromatic N) is 1. The zero-order chi connectivity index (χ0) is 21.3. The van der Waals surface area contributed by atoms with Crippen LogP contribution in [0.15, 0.2) is 0 Å². The highest BCUT2D eigenvalue weighted by molar-refractivity contribution is 5.93. The van der Waals surface area contributed by atoms with Crippen LogP contribution in [0, 0.1) is 26.7 Å². The summed E-state index contributed by atoms with van der Waals surface area (Å²) in [5, 5.41) is 13.1. The second kappa shape index (κ2) is 10.7. The number of carbonyl (C=O) groups excluding carboxylic acids is 3. The van der Waals surface area contributed by atoms with Crippen molar-refractivity contribution in [2.45, 2.75) is 102 Å². The molecule has 1 aliphatic heterocycles. The van der Waals surface area contributed by atoms with E-state index in [1.54, 1.807) is 25.7 Å². The van der Waals surface area contributed by atoms with Gasteiger partial charge >= 0.3 is 6.09 Å². The Labute approximate surface area is 187 Å². The monoisotopic (exact) mass is 436 g/mol. The number of fused-ring (bicyclic) bond motifs is 1. The summed E-state index contributed by atoms with van der Waals surface area (Å²) in [6.07, 6.45) is 4.72. The quantitative estimate of drug-likeness (QED) is 0.624. The Balaban J connectivity index is 0.00000240. The number of hydrogen-bond acceptors (Lipinski definition) is 5. The Bertz CT molecular complexity index is 648. The van der Waals surface area contributed by atoms with Gasteiger partial charge in [0.05, 0.1) is 6.10 Å². The number of nitrogens with two attached hydrogens (primary N) is 1. The van der Waals surface area contributed by atoms with Gasteiger partial charge in [-0.3, -0.25) is 9.59 Å². The van der Waals surface area contributed by atoms with Crippen molar-refractivity contribution in [2.75, 3.05) is 0 Å². The fourth-order valence-corrected chi connectivity index (χ4v) is 4.62. The average molecular weight is 437 g/mol. The van der Waals surface area contributed by atoms with E-state index in [4.69, 9.17) is 10.5 Å². The molecule has 1 saturated heterocycles. The lowest BCUT2D eigenvalue weighted by Gasteiger charge is -2.35. The zero-order valence-electron chi connectivity index (χ0n) is 19.1. The molecule has 3 rings (SSSR count). The van der Waals surface area contributed by atoms with Crippen LogP contribution in [-0.2, 0) is 14.3 Å². The lowest BCUT2D eigenvalue weighted by molar-refractivity contribution is -0.140. The van der Waals surface area contributed by atoms with Gasteiger partial charge in [0.15, 0.2) is 0 Å². The zero-order valence-corrected chi connectivity index (χ0v) is 19.1. The predicted molar refractivity (Wildman–Crippen MR) is 117 cm³/mol. The van der Waals surface area contributed by atoms with E-state index in [9.17, 15) is 19.5 Å². The van der Waals surface area contributed by atoms with E-state index in [-0.39, 0.29) is 26.8 Å². The van der Waals surface area contributed by atoms with Crippen molar-refractivity contribution in [1.82, 2.24) is 10.2 Å². The lowest BCUT2D eigenvalue weighted by Crippen LogP contribution is -2.57. The minimum atomic E-state index is -0.918. The third-order valence-electron chi connectivity index (χ3n) is 6.04. The molecule has 5 atom stereocenters. The largest absolute Gasteiger partial charge is 0.444 e. The van der Waals surface area contributed by atoms with Crippen molar-refractivity contribution in [1.29, 1.82) is 0 Å². The number of carbonyl (C=O) groups is 3. The lowest BCUT2D eigenvalue weighted by atomic mass is 9.83. The number of amides is 3. The van der Waals surface area contributed by atoms with Crippen LogP contribution >= 0.6 is 0 Å². The molecule has 8 nitrogen and oxygen atoms in total. The Morgan fingerprint density at radius 2 is 1.84 bits per heavy atom. The molecule has 31 heavy (non-hydrogen) atoms. The Morgan fingerprint density at radius 3 is 2.45 bits per heavy atom. The molecule has 8 heteroatoms. The van der Waals surface area contributed by atoms with Gasteiger partial charge in [-0.15, -0.1) is 0 Å². The van der Waals surface area contributed by atoms with Crippen molar-refractivity contribution in [3.05, 3.63) is 20.8 Å². The number of alkyl carbamates (subject to hydrolysis) is 1. The molecular formula is C23H38N3O5. The SMILES string of the molecule is CC(C)(C)OC(=O)N[C@@H]([C]1CCCCCC(O)C1)C(=O)N1[C@H](C(N)=O)C[C@@H]2C[C@@H]21.[CH2].[CH2]. The fourth-order valence-electron chi connectivity index (χ4n) is 4.62. The molecule has 2 saturated carbocycles. The minimum Gasteiger partial charge on any atom is -0.444 e. The maximum absolute atomic E-state index is 13.5. The molecule has 175 valence electrons. The van der Waals surface area contributed by atoms with Gasteiger partial charge < -0.3 is 25.8 Å². The second-order valence-electron chi connectivity index (χ2n) is 9.66. The van der Waals surface area contributed by atoms with Crippen LogP contribution in [0.1, 0.15) is 72.1 Å². The molecule has 0 aromatic rings. The molecule has 4 N–H and O–H groups in total. The highest BCUT2D eigenvalue weighted by Crippen LogP contribution is 2.48. The summed E-state index contributed by atoms with van der Waals surface area (Å²) >= 11 is 0.